The van der Waals surface area contributed by atoms with Gasteiger partial charge in [-0.05, 0) is 40.0 Å². The first-order chi connectivity index (χ1) is 9.95. The number of primary amides is 1. The molecule has 0 unspecified atom stereocenters. The van der Waals surface area contributed by atoms with E-state index in [9.17, 15) is 4.79 Å². The first kappa shape index (κ1) is 16.1. The first-order valence-electron chi connectivity index (χ1n) is 8.06. The van der Waals surface area contributed by atoms with Crippen LogP contribution in [0.2, 0.25) is 0 Å². The van der Waals surface area contributed by atoms with Crippen molar-refractivity contribution in [2.24, 2.45) is 10.7 Å². The molecule has 1 heterocycles. The summed E-state index contributed by atoms with van der Waals surface area (Å²) >= 11 is 0. The van der Waals surface area contributed by atoms with Gasteiger partial charge in [0.25, 0.3) is 0 Å². The highest BCUT2D eigenvalue weighted by molar-refractivity contribution is 5.84. The molecule has 1 saturated heterocycles. The molecular formula is C15H29N5O. The molecular weight excluding hydrogens is 266 g/mol. The normalized spacial score (nSPS) is 22.0. The minimum Gasteiger partial charge on any atom is -0.368 e. The van der Waals surface area contributed by atoms with Crippen LogP contribution >= 0.6 is 0 Å². The van der Waals surface area contributed by atoms with Crippen molar-refractivity contribution in [1.29, 1.82) is 0 Å². The maximum Gasteiger partial charge on any atom is 0.237 e. The summed E-state index contributed by atoms with van der Waals surface area (Å²) in [6.07, 6.45) is 3.81. The monoisotopic (exact) mass is 295 g/mol. The second kappa shape index (κ2) is 6.64. The van der Waals surface area contributed by atoms with E-state index in [4.69, 9.17) is 5.73 Å². The highest BCUT2D eigenvalue weighted by atomic mass is 16.1. The number of piperazine rings is 1. The molecule has 2 rings (SSSR count). The van der Waals surface area contributed by atoms with Crippen molar-refractivity contribution in [3.63, 3.8) is 0 Å². The number of rotatable bonds is 4. The van der Waals surface area contributed by atoms with Crippen molar-refractivity contribution in [3.05, 3.63) is 0 Å². The van der Waals surface area contributed by atoms with Crippen LogP contribution in [0.1, 0.15) is 40.0 Å². The Labute approximate surface area is 127 Å². The number of aliphatic imine (C=N–C) groups is 1. The van der Waals surface area contributed by atoms with Gasteiger partial charge in [-0.1, -0.05) is 0 Å². The fourth-order valence-corrected chi connectivity index (χ4v) is 2.75. The van der Waals surface area contributed by atoms with Crippen LogP contribution in [0.4, 0.5) is 0 Å². The molecule has 0 atom stereocenters. The van der Waals surface area contributed by atoms with Crippen LogP contribution in [0.5, 0.6) is 0 Å². The second-order valence-electron chi connectivity index (χ2n) is 6.47. The number of amides is 1. The zero-order valence-corrected chi connectivity index (χ0v) is 13.6. The molecule has 3 N–H and O–H groups in total. The summed E-state index contributed by atoms with van der Waals surface area (Å²) < 4.78 is 0. The third-order valence-corrected chi connectivity index (χ3v) is 4.72. The Morgan fingerprint density at radius 1 is 1.29 bits per heavy atom. The molecule has 0 aromatic heterocycles. The molecule has 0 aromatic carbocycles. The van der Waals surface area contributed by atoms with Crippen molar-refractivity contribution in [2.45, 2.75) is 51.6 Å². The zero-order valence-electron chi connectivity index (χ0n) is 13.6. The van der Waals surface area contributed by atoms with E-state index in [-0.39, 0.29) is 5.91 Å². The van der Waals surface area contributed by atoms with Gasteiger partial charge in [0.2, 0.25) is 5.91 Å². The van der Waals surface area contributed by atoms with Crippen LogP contribution in [0, 0.1) is 0 Å². The SMILES string of the molecule is CCN=C(NC1CCC1)N1CCN(C(C)(C)C(N)=O)CC1. The molecule has 0 spiro atoms. The Bertz CT molecular complexity index is 395. The summed E-state index contributed by atoms with van der Waals surface area (Å²) in [7, 11) is 0. The molecule has 1 aliphatic heterocycles. The predicted molar refractivity (Wildman–Crippen MR) is 85.2 cm³/mol. The highest BCUT2D eigenvalue weighted by Crippen LogP contribution is 2.20. The van der Waals surface area contributed by atoms with E-state index in [1.54, 1.807) is 0 Å². The maximum absolute atomic E-state index is 11.6. The number of carbonyl (C=O) groups is 1. The van der Waals surface area contributed by atoms with Gasteiger partial charge >= 0.3 is 0 Å². The summed E-state index contributed by atoms with van der Waals surface area (Å²) in [6.45, 7) is 10.1. The van der Waals surface area contributed by atoms with E-state index in [1.807, 2.05) is 13.8 Å². The van der Waals surface area contributed by atoms with Gasteiger partial charge in [0.1, 0.15) is 0 Å². The average Bonchev–Trinajstić information content (AvgIpc) is 2.41. The van der Waals surface area contributed by atoms with E-state index in [0.29, 0.717) is 6.04 Å². The smallest absolute Gasteiger partial charge is 0.237 e. The summed E-state index contributed by atoms with van der Waals surface area (Å²) in [4.78, 5) is 20.6. The lowest BCUT2D eigenvalue weighted by Crippen LogP contribution is -2.62. The van der Waals surface area contributed by atoms with Gasteiger partial charge in [0.05, 0.1) is 5.54 Å². The van der Waals surface area contributed by atoms with Crippen molar-refractivity contribution in [1.82, 2.24) is 15.1 Å². The molecule has 2 aliphatic rings. The second-order valence-corrected chi connectivity index (χ2v) is 6.47. The van der Waals surface area contributed by atoms with Gasteiger partial charge in [-0.2, -0.15) is 0 Å². The molecule has 6 heteroatoms. The number of guanidine groups is 1. The van der Waals surface area contributed by atoms with E-state index in [0.717, 1.165) is 38.7 Å². The lowest BCUT2D eigenvalue weighted by atomic mass is 9.93. The molecule has 0 aromatic rings. The van der Waals surface area contributed by atoms with Crippen LogP contribution in [0.15, 0.2) is 4.99 Å². The van der Waals surface area contributed by atoms with Crippen molar-refractivity contribution < 1.29 is 4.79 Å². The lowest BCUT2D eigenvalue weighted by Gasteiger charge is -2.43. The van der Waals surface area contributed by atoms with Crippen molar-refractivity contribution in [3.8, 4) is 0 Å². The molecule has 2 fully saturated rings. The number of nitrogens with one attached hydrogen (secondary N) is 1. The molecule has 1 aliphatic carbocycles. The van der Waals surface area contributed by atoms with Crippen LogP contribution in [-0.2, 0) is 4.79 Å². The quantitative estimate of drug-likeness (QED) is 0.581. The zero-order chi connectivity index (χ0) is 15.5. The summed E-state index contributed by atoms with van der Waals surface area (Å²) in [5.41, 5.74) is 4.93. The lowest BCUT2D eigenvalue weighted by molar-refractivity contribution is -0.129. The Kier molecular flexibility index (Phi) is 5.08. The number of hydrogen-bond donors (Lipinski definition) is 2. The summed E-state index contributed by atoms with van der Waals surface area (Å²) in [6, 6.07) is 0.593. The highest BCUT2D eigenvalue weighted by Gasteiger charge is 2.35. The van der Waals surface area contributed by atoms with Gasteiger partial charge in [0, 0.05) is 38.8 Å². The maximum atomic E-state index is 11.6. The molecule has 0 bridgehead atoms. The van der Waals surface area contributed by atoms with Crippen molar-refractivity contribution >= 4 is 11.9 Å². The predicted octanol–water partition coefficient (Wildman–Crippen LogP) is 0.386. The molecule has 0 radical (unpaired) electrons. The number of nitrogens with zero attached hydrogens (tertiary/aromatic N) is 3. The molecule has 21 heavy (non-hydrogen) atoms. The van der Waals surface area contributed by atoms with Gasteiger partial charge in [-0.15, -0.1) is 0 Å². The van der Waals surface area contributed by atoms with Gasteiger partial charge in [-0.25, -0.2) is 0 Å². The van der Waals surface area contributed by atoms with Gasteiger partial charge in [-0.3, -0.25) is 14.7 Å². The third kappa shape index (κ3) is 3.67. The largest absolute Gasteiger partial charge is 0.368 e. The number of nitrogens with two attached hydrogens (primary N) is 1. The van der Waals surface area contributed by atoms with Crippen molar-refractivity contribution in [2.75, 3.05) is 32.7 Å². The Morgan fingerprint density at radius 2 is 1.90 bits per heavy atom. The van der Waals surface area contributed by atoms with E-state index in [2.05, 4.69) is 27.0 Å². The van der Waals surface area contributed by atoms with E-state index in [1.165, 1.54) is 19.3 Å². The Hall–Kier alpha value is -1.30. The topological polar surface area (TPSA) is 74.0 Å². The Balaban J connectivity index is 1.91. The minimum absolute atomic E-state index is 0.258. The van der Waals surface area contributed by atoms with E-state index < -0.39 is 5.54 Å². The van der Waals surface area contributed by atoms with Crippen LogP contribution in [0.25, 0.3) is 0 Å². The molecule has 6 nitrogen and oxygen atoms in total. The minimum atomic E-state index is -0.574. The first-order valence-corrected chi connectivity index (χ1v) is 8.06. The Morgan fingerprint density at radius 3 is 2.33 bits per heavy atom. The van der Waals surface area contributed by atoms with E-state index >= 15 is 0 Å². The average molecular weight is 295 g/mol. The molecule has 120 valence electrons. The third-order valence-electron chi connectivity index (χ3n) is 4.72. The van der Waals surface area contributed by atoms with Crippen LogP contribution in [-0.4, -0.2) is 66.0 Å². The fraction of sp³-hybridized carbons (Fsp3) is 0.867. The number of hydrogen-bond acceptors (Lipinski definition) is 3. The fourth-order valence-electron chi connectivity index (χ4n) is 2.75. The van der Waals surface area contributed by atoms with Gasteiger partial charge < -0.3 is 16.0 Å². The molecule has 1 amide bonds. The van der Waals surface area contributed by atoms with Gasteiger partial charge in [0.15, 0.2) is 5.96 Å². The summed E-state index contributed by atoms with van der Waals surface area (Å²) in [5, 5.41) is 3.57. The standard InChI is InChI=1S/C15H29N5O/c1-4-17-14(18-12-6-5-7-12)19-8-10-20(11-9-19)15(2,3)13(16)21/h12H,4-11H2,1-3H3,(H2,16,21)(H,17,18). The van der Waals surface area contributed by atoms with Crippen LogP contribution in [0.3, 0.4) is 0 Å². The number of carbonyl (C=O) groups excluding carboxylic acids is 1. The summed E-state index contributed by atoms with van der Waals surface area (Å²) in [5.74, 6) is 0.768. The molecule has 1 saturated carbocycles. The van der Waals surface area contributed by atoms with Crippen LogP contribution < -0.4 is 11.1 Å².